The molecular weight excluding hydrogens is 237 g/mol. The average molecular weight is 252 g/mol. The normalized spacial score (nSPS) is 12.8. The molecule has 0 aliphatic carbocycles. The number of nitrogens with zero attached hydrogens (tertiary/aromatic N) is 2. The Morgan fingerprint density at radius 2 is 1.82 bits per heavy atom. The summed E-state index contributed by atoms with van der Waals surface area (Å²) in [4.78, 5) is 0. The number of alkyl halides is 3. The van der Waals surface area contributed by atoms with Crippen molar-refractivity contribution < 1.29 is 17.6 Å². The zero-order valence-corrected chi connectivity index (χ0v) is 9.85. The molecule has 98 valence electrons. The minimum atomic E-state index is -4.31. The second-order valence-corrected chi connectivity index (χ2v) is 4.57. The largest absolute Gasteiger partial charge is 0.407 e. The van der Waals surface area contributed by atoms with E-state index in [2.05, 4.69) is 15.5 Å². The molecule has 0 aliphatic heterocycles. The molecule has 0 saturated heterocycles. The van der Waals surface area contributed by atoms with Gasteiger partial charge >= 0.3 is 12.2 Å². The SMILES string of the molecule is CC(C)(C)NCc1nnc(NCC(F)(F)F)o1. The van der Waals surface area contributed by atoms with Gasteiger partial charge in [-0.3, -0.25) is 0 Å². The highest BCUT2D eigenvalue weighted by Crippen LogP contribution is 2.15. The molecule has 0 bridgehead atoms. The summed E-state index contributed by atoms with van der Waals surface area (Å²) in [5, 5.41) is 12.1. The zero-order chi connectivity index (χ0) is 13.1. The first-order chi connectivity index (χ1) is 7.66. The fraction of sp³-hybridized carbons (Fsp3) is 0.778. The van der Waals surface area contributed by atoms with Crippen molar-refractivity contribution in [3.8, 4) is 0 Å². The van der Waals surface area contributed by atoms with Crippen LogP contribution in [-0.4, -0.2) is 28.5 Å². The van der Waals surface area contributed by atoms with E-state index in [1.807, 2.05) is 26.1 Å². The molecule has 0 aliphatic rings. The first-order valence-corrected chi connectivity index (χ1v) is 5.04. The molecular formula is C9H15F3N4O. The maximum absolute atomic E-state index is 11.9. The van der Waals surface area contributed by atoms with Crippen LogP contribution in [0.1, 0.15) is 26.7 Å². The lowest BCUT2D eigenvalue weighted by atomic mass is 10.1. The number of nitrogens with one attached hydrogen (secondary N) is 2. The number of hydrogen-bond acceptors (Lipinski definition) is 5. The van der Waals surface area contributed by atoms with E-state index in [0.717, 1.165) is 0 Å². The van der Waals surface area contributed by atoms with Crippen LogP contribution in [0.2, 0.25) is 0 Å². The number of hydrogen-bond donors (Lipinski definition) is 2. The number of aromatic nitrogens is 2. The molecule has 1 aromatic rings. The predicted molar refractivity (Wildman–Crippen MR) is 55.4 cm³/mol. The third-order valence-corrected chi connectivity index (χ3v) is 1.68. The second-order valence-electron chi connectivity index (χ2n) is 4.57. The van der Waals surface area contributed by atoms with Crippen LogP contribution in [0.4, 0.5) is 19.2 Å². The molecule has 0 fully saturated rings. The van der Waals surface area contributed by atoms with Crippen molar-refractivity contribution in [3.05, 3.63) is 5.89 Å². The Hall–Kier alpha value is -1.31. The third kappa shape index (κ3) is 6.10. The monoisotopic (exact) mass is 252 g/mol. The highest BCUT2D eigenvalue weighted by molar-refractivity contribution is 5.17. The van der Waals surface area contributed by atoms with Gasteiger partial charge in [0.2, 0.25) is 5.89 Å². The predicted octanol–water partition coefficient (Wildman–Crippen LogP) is 1.93. The first-order valence-electron chi connectivity index (χ1n) is 5.04. The molecule has 2 N–H and O–H groups in total. The molecule has 0 radical (unpaired) electrons. The highest BCUT2D eigenvalue weighted by Gasteiger charge is 2.27. The number of anilines is 1. The van der Waals surface area contributed by atoms with Crippen LogP contribution < -0.4 is 10.6 Å². The fourth-order valence-electron chi connectivity index (χ4n) is 0.913. The van der Waals surface area contributed by atoms with E-state index in [1.165, 1.54) is 0 Å². The summed E-state index contributed by atoms with van der Waals surface area (Å²) >= 11 is 0. The molecule has 0 atom stereocenters. The summed E-state index contributed by atoms with van der Waals surface area (Å²) in [5.41, 5.74) is -0.131. The first kappa shape index (κ1) is 13.8. The van der Waals surface area contributed by atoms with Crippen molar-refractivity contribution in [1.29, 1.82) is 0 Å². The Bertz CT molecular complexity index is 323. The Morgan fingerprint density at radius 1 is 1.18 bits per heavy atom. The van der Waals surface area contributed by atoms with Crippen LogP contribution in [0, 0.1) is 0 Å². The minimum absolute atomic E-state index is 0.131. The van der Waals surface area contributed by atoms with E-state index >= 15 is 0 Å². The van der Waals surface area contributed by atoms with E-state index in [0.29, 0.717) is 6.54 Å². The quantitative estimate of drug-likeness (QED) is 0.857. The molecule has 8 heteroatoms. The van der Waals surface area contributed by atoms with Crippen molar-refractivity contribution in [1.82, 2.24) is 15.5 Å². The molecule has 1 heterocycles. The average Bonchev–Trinajstić information content (AvgIpc) is 2.57. The summed E-state index contributed by atoms with van der Waals surface area (Å²) in [7, 11) is 0. The minimum Gasteiger partial charge on any atom is -0.407 e. The Kier molecular flexibility index (Phi) is 3.97. The van der Waals surface area contributed by atoms with Gasteiger partial charge in [-0.05, 0) is 20.8 Å². The van der Waals surface area contributed by atoms with Gasteiger partial charge in [0.05, 0.1) is 6.54 Å². The van der Waals surface area contributed by atoms with E-state index in [-0.39, 0.29) is 17.4 Å². The third-order valence-electron chi connectivity index (χ3n) is 1.68. The highest BCUT2D eigenvalue weighted by atomic mass is 19.4. The van der Waals surface area contributed by atoms with Crippen LogP contribution in [0.15, 0.2) is 4.42 Å². The van der Waals surface area contributed by atoms with Crippen molar-refractivity contribution in [2.45, 2.75) is 39.0 Å². The van der Waals surface area contributed by atoms with Crippen LogP contribution in [0.25, 0.3) is 0 Å². The summed E-state index contributed by atoms with van der Waals surface area (Å²) in [6.45, 7) is 4.97. The van der Waals surface area contributed by atoms with Crippen LogP contribution in [0.3, 0.4) is 0 Å². The van der Waals surface area contributed by atoms with Gasteiger partial charge in [0, 0.05) is 5.54 Å². The van der Waals surface area contributed by atoms with Gasteiger partial charge < -0.3 is 15.1 Å². The van der Waals surface area contributed by atoms with Crippen LogP contribution in [0.5, 0.6) is 0 Å². The van der Waals surface area contributed by atoms with Crippen LogP contribution >= 0.6 is 0 Å². The van der Waals surface area contributed by atoms with E-state index in [9.17, 15) is 13.2 Å². The summed E-state index contributed by atoms with van der Waals surface area (Å²) in [6.07, 6.45) is -4.31. The Labute approximate surface area is 96.8 Å². The second kappa shape index (κ2) is 4.91. The maximum atomic E-state index is 11.9. The lowest BCUT2D eigenvalue weighted by molar-refractivity contribution is -0.115. The van der Waals surface area contributed by atoms with Gasteiger partial charge in [0.25, 0.3) is 0 Å². The lowest BCUT2D eigenvalue weighted by Gasteiger charge is -2.18. The van der Waals surface area contributed by atoms with E-state index in [1.54, 1.807) is 0 Å². The van der Waals surface area contributed by atoms with Crippen LogP contribution in [-0.2, 0) is 6.54 Å². The Balaban J connectivity index is 2.43. The molecule has 1 aromatic heterocycles. The standard InChI is InChI=1S/C9H15F3N4O/c1-8(2,3)14-4-6-15-16-7(17-6)13-5-9(10,11)12/h14H,4-5H2,1-3H3,(H,13,16). The smallest absolute Gasteiger partial charge is 0.405 e. The maximum Gasteiger partial charge on any atom is 0.405 e. The van der Waals surface area contributed by atoms with Crippen molar-refractivity contribution in [2.24, 2.45) is 0 Å². The molecule has 1 rings (SSSR count). The van der Waals surface area contributed by atoms with Gasteiger partial charge in [-0.1, -0.05) is 5.10 Å². The van der Waals surface area contributed by atoms with Crippen molar-refractivity contribution in [2.75, 3.05) is 11.9 Å². The van der Waals surface area contributed by atoms with Gasteiger partial charge in [0.15, 0.2) is 0 Å². The van der Waals surface area contributed by atoms with Gasteiger partial charge in [-0.2, -0.15) is 13.2 Å². The molecule has 0 aromatic carbocycles. The van der Waals surface area contributed by atoms with Gasteiger partial charge in [-0.25, -0.2) is 0 Å². The summed E-state index contributed by atoms with van der Waals surface area (Å²) < 4.78 is 40.6. The van der Waals surface area contributed by atoms with Gasteiger partial charge in [0.1, 0.15) is 6.54 Å². The molecule has 0 spiro atoms. The molecule has 0 amide bonds. The summed E-state index contributed by atoms with van der Waals surface area (Å²) in [5.74, 6) is 0.240. The molecule has 0 unspecified atom stereocenters. The molecule has 5 nitrogen and oxygen atoms in total. The van der Waals surface area contributed by atoms with E-state index < -0.39 is 12.7 Å². The summed E-state index contributed by atoms with van der Waals surface area (Å²) in [6, 6.07) is -0.229. The molecule has 17 heavy (non-hydrogen) atoms. The Morgan fingerprint density at radius 3 is 2.35 bits per heavy atom. The molecule has 0 saturated carbocycles. The van der Waals surface area contributed by atoms with Gasteiger partial charge in [-0.15, -0.1) is 5.10 Å². The topological polar surface area (TPSA) is 63.0 Å². The number of rotatable bonds is 4. The number of halogens is 3. The van der Waals surface area contributed by atoms with Crippen molar-refractivity contribution in [3.63, 3.8) is 0 Å². The zero-order valence-electron chi connectivity index (χ0n) is 9.85. The fourth-order valence-corrected chi connectivity index (χ4v) is 0.913. The lowest BCUT2D eigenvalue weighted by Crippen LogP contribution is -2.35. The van der Waals surface area contributed by atoms with E-state index in [4.69, 9.17) is 4.42 Å². The van der Waals surface area contributed by atoms with Crippen molar-refractivity contribution >= 4 is 6.01 Å².